The van der Waals surface area contributed by atoms with Gasteiger partial charge < -0.3 is 58.0 Å². The van der Waals surface area contributed by atoms with E-state index in [0.29, 0.717) is 10.7 Å². The van der Waals surface area contributed by atoms with E-state index in [1.807, 2.05) is 0 Å². The van der Waals surface area contributed by atoms with Crippen molar-refractivity contribution in [2.75, 3.05) is 18.5 Å². The van der Waals surface area contributed by atoms with Crippen molar-refractivity contribution in [1.29, 1.82) is 0 Å². The molecule has 2 saturated heterocycles. The summed E-state index contributed by atoms with van der Waals surface area (Å²) in [5.74, 6) is -6.64. The minimum atomic E-state index is -2.09. The van der Waals surface area contributed by atoms with Crippen LogP contribution >= 0.6 is 23.8 Å². The Balaban J connectivity index is 1.14. The van der Waals surface area contributed by atoms with Gasteiger partial charge in [0.25, 0.3) is 0 Å². The summed E-state index contributed by atoms with van der Waals surface area (Å²) in [5, 5.41) is 6.39. The number of ether oxygens (including phenoxy) is 10. The van der Waals surface area contributed by atoms with Gasteiger partial charge in [0.2, 0.25) is 0 Å². The fraction of sp³-hybridized carbons (Fsp3) is 0.176. The molecule has 19 nitrogen and oxygen atoms in total. The molecule has 0 unspecified atom stereocenters. The summed E-state index contributed by atoms with van der Waals surface area (Å²) in [6.07, 6.45) is -18.4. The zero-order chi connectivity index (χ0) is 62.1. The van der Waals surface area contributed by atoms with Gasteiger partial charge in [-0.25, -0.2) is 33.6 Å². The van der Waals surface area contributed by atoms with Gasteiger partial charge in [-0.3, -0.25) is 0 Å². The summed E-state index contributed by atoms with van der Waals surface area (Å²) in [6, 6.07) is 61.2. The maximum atomic E-state index is 14.8. The predicted octanol–water partition coefficient (Wildman–Crippen LogP) is 10.3. The van der Waals surface area contributed by atoms with Gasteiger partial charge in [-0.2, -0.15) is 0 Å². The maximum Gasteiger partial charge on any atom is 0.338 e. The highest BCUT2D eigenvalue weighted by atomic mass is 35.5. The average Bonchev–Trinajstić information content (AvgIpc) is 0.988. The molecule has 0 bridgehead atoms. The normalized spacial score (nSPS) is 21.0. The number of halogens is 1. The van der Waals surface area contributed by atoms with Crippen LogP contribution in [0.2, 0.25) is 5.02 Å². The van der Waals surface area contributed by atoms with Crippen molar-refractivity contribution in [3.63, 3.8) is 0 Å². The van der Waals surface area contributed by atoms with Crippen LogP contribution in [0.5, 0.6) is 0 Å². The number of anilines is 1. The first-order valence-corrected chi connectivity index (χ1v) is 28.7. The molecule has 2 aliphatic rings. The minimum absolute atomic E-state index is 0.00346. The zero-order valence-electron chi connectivity index (χ0n) is 46.9. The lowest BCUT2D eigenvalue weighted by molar-refractivity contribution is -0.339. The molecular weight excluding hydrogens is 1180 g/mol. The predicted molar refractivity (Wildman–Crippen MR) is 325 cm³/mol. The van der Waals surface area contributed by atoms with Crippen LogP contribution in [0.4, 0.5) is 5.69 Å². The van der Waals surface area contributed by atoms with E-state index in [2.05, 4.69) is 10.6 Å². The Morgan fingerprint density at radius 1 is 0.360 bits per heavy atom. The number of carbonyl (C=O) groups is 7. The van der Waals surface area contributed by atoms with E-state index in [9.17, 15) is 33.6 Å². The molecule has 8 aromatic rings. The van der Waals surface area contributed by atoms with E-state index in [-0.39, 0.29) is 44.1 Å². The van der Waals surface area contributed by atoms with E-state index in [4.69, 9.17) is 71.2 Å². The number of esters is 7. The molecule has 2 N–H and O–H groups in total. The molecule has 21 heteroatoms. The number of rotatable bonds is 20. The quantitative estimate of drug-likeness (QED) is 0.0410. The van der Waals surface area contributed by atoms with Gasteiger partial charge in [-0.15, -0.1) is 0 Å². The van der Waals surface area contributed by atoms with Crippen molar-refractivity contribution in [1.82, 2.24) is 5.32 Å². The number of nitrogens with one attached hydrogen (secondary N) is 2. The summed E-state index contributed by atoms with van der Waals surface area (Å²) in [6.45, 7) is -1.48. The van der Waals surface area contributed by atoms with E-state index in [0.717, 1.165) is 0 Å². The van der Waals surface area contributed by atoms with Crippen molar-refractivity contribution >= 4 is 76.4 Å². The smallest absolute Gasteiger partial charge is 0.338 e. The number of thiocarbonyl (C=S) groups is 1. The molecule has 89 heavy (non-hydrogen) atoms. The lowest BCUT2D eigenvalue weighted by Gasteiger charge is -2.49. The Morgan fingerprint density at radius 2 is 0.663 bits per heavy atom. The van der Waals surface area contributed by atoms with E-state index < -0.39 is 116 Å². The summed E-state index contributed by atoms with van der Waals surface area (Å²) >= 11 is 12.1. The molecular formula is C68H55ClN2O17S. The van der Waals surface area contributed by atoms with Crippen LogP contribution < -0.4 is 10.6 Å². The highest BCUT2D eigenvalue weighted by Crippen LogP contribution is 2.37. The molecule has 0 radical (unpaired) electrons. The monoisotopic (exact) mass is 1240 g/mol. The minimum Gasteiger partial charge on any atom is -0.459 e. The van der Waals surface area contributed by atoms with Gasteiger partial charge >= 0.3 is 41.8 Å². The molecule has 8 aromatic carbocycles. The van der Waals surface area contributed by atoms with Crippen LogP contribution in [0, 0.1) is 0 Å². The second-order valence-electron chi connectivity index (χ2n) is 20.0. The lowest BCUT2D eigenvalue weighted by Crippen LogP contribution is -2.69. The third-order valence-corrected chi connectivity index (χ3v) is 14.4. The summed E-state index contributed by atoms with van der Waals surface area (Å²) in [5.41, 5.74) is 0.803. The Kier molecular flexibility index (Phi) is 20.9. The Bertz CT molecular complexity index is 3710. The largest absolute Gasteiger partial charge is 0.459 e. The molecule has 2 aliphatic heterocycles. The van der Waals surface area contributed by atoms with E-state index in [1.165, 1.54) is 84.9 Å². The van der Waals surface area contributed by atoms with Gasteiger partial charge in [-0.05, 0) is 121 Å². The van der Waals surface area contributed by atoms with E-state index >= 15 is 0 Å². The van der Waals surface area contributed by atoms with Gasteiger partial charge in [0, 0.05) is 10.7 Å². The summed E-state index contributed by atoms with van der Waals surface area (Å²) in [4.78, 5) is 101. The van der Waals surface area contributed by atoms with Crippen molar-refractivity contribution in [3.05, 3.63) is 281 Å². The van der Waals surface area contributed by atoms with Crippen LogP contribution in [-0.4, -0.2) is 121 Å². The number of carbonyl (C=O) groups excluding carboxylic acids is 7. The molecule has 10 rings (SSSR count). The Labute approximate surface area is 520 Å². The first kappa shape index (κ1) is 62.0. The van der Waals surface area contributed by atoms with E-state index in [1.54, 1.807) is 152 Å². The second kappa shape index (κ2) is 30.0. The highest BCUT2D eigenvalue weighted by Gasteiger charge is 2.58. The van der Waals surface area contributed by atoms with Gasteiger partial charge in [0.05, 0.1) is 38.9 Å². The van der Waals surface area contributed by atoms with Crippen LogP contribution in [0.1, 0.15) is 72.5 Å². The molecule has 0 aliphatic carbocycles. The zero-order valence-corrected chi connectivity index (χ0v) is 48.5. The molecule has 2 heterocycles. The first-order valence-electron chi connectivity index (χ1n) is 27.9. The number of hydrogen-bond donors (Lipinski definition) is 2. The van der Waals surface area contributed by atoms with Crippen LogP contribution in [0.15, 0.2) is 237 Å². The fourth-order valence-corrected chi connectivity index (χ4v) is 9.92. The van der Waals surface area contributed by atoms with Crippen molar-refractivity contribution in [2.24, 2.45) is 0 Å². The molecule has 0 spiro atoms. The van der Waals surface area contributed by atoms with Crippen molar-refractivity contribution < 1.29 is 80.9 Å². The van der Waals surface area contributed by atoms with Crippen LogP contribution in [0.3, 0.4) is 0 Å². The Hall–Kier alpha value is -10.1. The second-order valence-corrected chi connectivity index (χ2v) is 20.8. The van der Waals surface area contributed by atoms with Gasteiger partial charge in [0.1, 0.15) is 31.5 Å². The highest BCUT2D eigenvalue weighted by molar-refractivity contribution is 7.80. The molecule has 0 aromatic heterocycles. The Morgan fingerprint density at radius 3 is 1.03 bits per heavy atom. The number of benzene rings is 8. The molecule has 0 amide bonds. The van der Waals surface area contributed by atoms with Crippen molar-refractivity contribution in [2.45, 2.75) is 61.3 Å². The fourth-order valence-electron chi connectivity index (χ4n) is 9.56. The third kappa shape index (κ3) is 16.3. The SMILES string of the molecule is O=C(OC[C@H]1O[C@@H](NC(=S)Nc2ccc(Cl)cc2)[C@H](OC(=O)c2ccccc2)[C@@H](OC(=O)c2ccccc2)[C@@H]1O[C@H]1O[C@H](COC(=O)c2ccccc2)[C@@H](OC(=O)c2ccccc2)[C@H](OC(=O)c2ccccc2)[C@H]1OC(=O)c1ccccc1)c1ccccc1. The standard InChI is InChI=1S/C68H55ClN2O17S/c69-49-36-38-50(39-37-49)70-68(89)71-59-57(86-65(77)47-32-18-6-19-33-47)55(84-63(75)45-28-14-4-15-29-45)54(51(81-59)40-79-60(72)42-22-8-1-9-23-42)88-67-58(87-66(78)48-34-20-7-21-35-48)56(85-64(76)46-30-16-5-17-31-46)53(83-62(74)44-26-12-3-13-27-44)52(82-67)41-80-61(73)43-24-10-2-11-25-43/h1-39,51-59,67H,40-41H2,(H2,70,71,89)/t51-,52-,53-,54-,55+,56+,57-,58-,59-,67-/m1/s1. The van der Waals surface area contributed by atoms with Gasteiger partial charge in [0.15, 0.2) is 48.2 Å². The average molecular weight is 1240 g/mol. The molecule has 10 atom stereocenters. The summed E-state index contributed by atoms with van der Waals surface area (Å²) in [7, 11) is 0. The summed E-state index contributed by atoms with van der Waals surface area (Å²) < 4.78 is 64.5. The third-order valence-electron chi connectivity index (χ3n) is 13.9. The number of hydrogen-bond acceptors (Lipinski definition) is 18. The first-order chi connectivity index (χ1) is 43.3. The van der Waals surface area contributed by atoms with Crippen LogP contribution in [-0.2, 0) is 47.4 Å². The molecule has 0 saturated carbocycles. The maximum absolute atomic E-state index is 14.8. The molecule has 452 valence electrons. The van der Waals surface area contributed by atoms with Gasteiger partial charge in [-0.1, -0.05) is 139 Å². The van der Waals surface area contributed by atoms with Crippen molar-refractivity contribution in [3.8, 4) is 0 Å². The topological polar surface area (TPSA) is 236 Å². The van der Waals surface area contributed by atoms with Crippen LogP contribution in [0.25, 0.3) is 0 Å². The molecule has 2 fully saturated rings. The lowest BCUT2D eigenvalue weighted by atomic mass is 9.95.